The Hall–Kier alpha value is -2.54. The molecule has 1 spiro atoms. The molecule has 2 aromatic rings. The summed E-state index contributed by atoms with van der Waals surface area (Å²) >= 11 is 0. The summed E-state index contributed by atoms with van der Waals surface area (Å²) in [6.07, 6.45) is 3.32. The monoisotopic (exact) mass is 480 g/mol. The van der Waals surface area contributed by atoms with E-state index in [0.29, 0.717) is 6.54 Å². The molecular weight excluding hydrogens is 440 g/mol. The predicted octanol–water partition coefficient (Wildman–Crippen LogP) is 5.26. The molecular formula is C28H40N4O3. The quantitative estimate of drug-likeness (QED) is 0.603. The number of ether oxygens (including phenoxy) is 2. The summed E-state index contributed by atoms with van der Waals surface area (Å²) in [6.45, 7) is 14.7. The van der Waals surface area contributed by atoms with Gasteiger partial charge in [0.1, 0.15) is 17.2 Å². The van der Waals surface area contributed by atoms with E-state index in [9.17, 15) is 4.79 Å². The van der Waals surface area contributed by atoms with Crippen molar-refractivity contribution in [1.29, 1.82) is 0 Å². The van der Waals surface area contributed by atoms with Crippen molar-refractivity contribution in [3.8, 4) is 17.0 Å². The Morgan fingerprint density at radius 1 is 1.23 bits per heavy atom. The fourth-order valence-corrected chi connectivity index (χ4v) is 6.21. The Labute approximate surface area is 209 Å². The van der Waals surface area contributed by atoms with Gasteiger partial charge in [-0.15, -0.1) is 0 Å². The summed E-state index contributed by atoms with van der Waals surface area (Å²) in [5, 5.41) is 3.50. The summed E-state index contributed by atoms with van der Waals surface area (Å²) in [5.74, 6) is 2.30. The van der Waals surface area contributed by atoms with Crippen molar-refractivity contribution in [2.45, 2.75) is 89.9 Å². The third-order valence-corrected chi connectivity index (χ3v) is 7.83. The number of imidazole rings is 1. The minimum atomic E-state index is -0.502. The van der Waals surface area contributed by atoms with Crippen LogP contribution >= 0.6 is 0 Å². The molecule has 5 rings (SSSR count). The Kier molecular flexibility index (Phi) is 5.70. The molecule has 0 radical (unpaired) electrons. The molecule has 1 aromatic heterocycles. The van der Waals surface area contributed by atoms with Crippen molar-refractivity contribution in [2.75, 3.05) is 19.6 Å². The molecule has 1 atom stereocenters. The third kappa shape index (κ3) is 4.22. The summed E-state index contributed by atoms with van der Waals surface area (Å²) in [5.41, 5.74) is 3.38. The summed E-state index contributed by atoms with van der Waals surface area (Å²) in [6, 6.07) is 6.45. The van der Waals surface area contributed by atoms with Crippen LogP contribution < -0.4 is 10.1 Å². The second kappa shape index (κ2) is 8.26. The zero-order chi connectivity index (χ0) is 25.2. The fourth-order valence-electron chi connectivity index (χ4n) is 6.21. The van der Waals surface area contributed by atoms with E-state index in [2.05, 4.69) is 55.9 Å². The fraction of sp³-hybridized carbons (Fsp3) is 0.643. The first kappa shape index (κ1) is 24.2. The van der Waals surface area contributed by atoms with Gasteiger partial charge in [0.15, 0.2) is 5.60 Å². The second-order valence-corrected chi connectivity index (χ2v) is 12.2. The van der Waals surface area contributed by atoms with Crippen LogP contribution in [0.15, 0.2) is 18.2 Å². The van der Waals surface area contributed by atoms with Crippen LogP contribution in [0.3, 0.4) is 0 Å². The number of hydrogen-bond donors (Lipinski definition) is 1. The maximum atomic E-state index is 12.9. The number of aryl methyl sites for hydroxylation is 1. The number of fused-ring (bicyclic) bond motifs is 4. The topological polar surface area (TPSA) is 68.6 Å². The van der Waals surface area contributed by atoms with Gasteiger partial charge in [0, 0.05) is 43.5 Å². The highest BCUT2D eigenvalue weighted by atomic mass is 16.6. The Bertz CT molecular complexity index is 1140. The van der Waals surface area contributed by atoms with Crippen LogP contribution in [0, 0.1) is 6.92 Å². The zero-order valence-electron chi connectivity index (χ0n) is 22.3. The first-order valence-electron chi connectivity index (χ1n) is 13.0. The largest absolute Gasteiger partial charge is 0.480 e. The number of likely N-dealkylation sites (tertiary alicyclic amines) is 1. The van der Waals surface area contributed by atoms with Gasteiger partial charge in [-0.3, -0.25) is 0 Å². The number of nitrogens with zero attached hydrogens (tertiary/aromatic N) is 3. The van der Waals surface area contributed by atoms with E-state index < -0.39 is 5.60 Å². The number of carbonyl (C=O) groups is 1. The molecule has 0 bridgehead atoms. The third-order valence-electron chi connectivity index (χ3n) is 7.83. The molecule has 190 valence electrons. The standard InChI is InChI=1S/C28H40N4O3/c1-18-8-9-20-21(16-18)34-28(11-13-29-14-12-28)23-22(20)30-24(31(23)7)19-10-15-32(27(5,6)17-19)25(33)35-26(2,3)4/h8-9,16,19,29H,10-15,17H2,1-7H3/t19-/m1/s1. The van der Waals surface area contributed by atoms with E-state index in [1.165, 1.54) is 11.3 Å². The molecule has 2 saturated heterocycles. The molecule has 3 aliphatic rings. The minimum absolute atomic E-state index is 0.230. The first-order valence-corrected chi connectivity index (χ1v) is 13.0. The number of benzene rings is 1. The molecule has 1 amide bonds. The maximum absolute atomic E-state index is 12.9. The van der Waals surface area contributed by atoms with Crippen molar-refractivity contribution in [3.63, 3.8) is 0 Å². The number of carbonyl (C=O) groups excluding carboxylic acids is 1. The Balaban J connectivity index is 1.51. The highest BCUT2D eigenvalue weighted by Gasteiger charge is 2.47. The number of piperidine rings is 2. The van der Waals surface area contributed by atoms with Crippen LogP contribution in [0.2, 0.25) is 0 Å². The molecule has 35 heavy (non-hydrogen) atoms. The molecule has 2 fully saturated rings. The lowest BCUT2D eigenvalue weighted by Crippen LogP contribution is -2.53. The molecule has 4 heterocycles. The Morgan fingerprint density at radius 2 is 1.94 bits per heavy atom. The molecule has 7 nitrogen and oxygen atoms in total. The normalized spacial score (nSPS) is 22.8. The molecule has 0 aliphatic carbocycles. The predicted molar refractivity (Wildman–Crippen MR) is 137 cm³/mol. The number of hydrogen-bond acceptors (Lipinski definition) is 5. The number of aromatic nitrogens is 2. The number of nitrogens with one attached hydrogen (secondary N) is 1. The second-order valence-electron chi connectivity index (χ2n) is 12.2. The summed E-state index contributed by atoms with van der Waals surface area (Å²) < 4.78 is 14.8. The highest BCUT2D eigenvalue weighted by Crippen LogP contribution is 2.50. The van der Waals surface area contributed by atoms with Crippen LogP contribution in [-0.4, -0.2) is 51.3 Å². The lowest BCUT2D eigenvalue weighted by atomic mass is 9.82. The molecule has 0 saturated carbocycles. The van der Waals surface area contributed by atoms with Gasteiger partial charge in [-0.25, -0.2) is 9.78 Å². The van der Waals surface area contributed by atoms with Gasteiger partial charge in [0.25, 0.3) is 0 Å². The lowest BCUT2D eigenvalue weighted by Gasteiger charge is -2.45. The van der Waals surface area contributed by atoms with Crippen LogP contribution in [-0.2, 0) is 17.4 Å². The van der Waals surface area contributed by atoms with E-state index in [0.717, 1.165) is 61.6 Å². The van der Waals surface area contributed by atoms with Gasteiger partial charge in [-0.05, 0) is 85.2 Å². The molecule has 3 aliphatic heterocycles. The van der Waals surface area contributed by atoms with Gasteiger partial charge >= 0.3 is 6.09 Å². The van der Waals surface area contributed by atoms with E-state index in [1.54, 1.807) is 0 Å². The maximum Gasteiger partial charge on any atom is 0.410 e. The van der Waals surface area contributed by atoms with Crippen LogP contribution in [0.1, 0.15) is 83.3 Å². The zero-order valence-corrected chi connectivity index (χ0v) is 22.3. The van der Waals surface area contributed by atoms with Gasteiger partial charge in [0.05, 0.1) is 11.4 Å². The Morgan fingerprint density at radius 3 is 2.60 bits per heavy atom. The van der Waals surface area contributed by atoms with Gasteiger partial charge in [0.2, 0.25) is 0 Å². The van der Waals surface area contributed by atoms with E-state index in [4.69, 9.17) is 14.5 Å². The van der Waals surface area contributed by atoms with Gasteiger partial charge < -0.3 is 24.3 Å². The van der Waals surface area contributed by atoms with Crippen LogP contribution in [0.25, 0.3) is 11.3 Å². The number of amides is 1. The highest BCUT2D eigenvalue weighted by molar-refractivity contribution is 5.74. The molecule has 1 aromatic carbocycles. The van der Waals surface area contributed by atoms with Crippen LogP contribution in [0.5, 0.6) is 5.75 Å². The molecule has 7 heteroatoms. The van der Waals surface area contributed by atoms with Gasteiger partial charge in [-0.1, -0.05) is 6.07 Å². The van der Waals surface area contributed by atoms with Crippen molar-refractivity contribution in [2.24, 2.45) is 7.05 Å². The van der Waals surface area contributed by atoms with E-state index in [1.807, 2.05) is 25.7 Å². The average molecular weight is 481 g/mol. The summed E-state index contributed by atoms with van der Waals surface area (Å²) in [7, 11) is 2.15. The summed E-state index contributed by atoms with van der Waals surface area (Å²) in [4.78, 5) is 20.1. The van der Waals surface area contributed by atoms with Crippen molar-refractivity contribution >= 4 is 6.09 Å². The average Bonchev–Trinajstić information content (AvgIpc) is 3.10. The molecule has 0 unspecified atom stereocenters. The van der Waals surface area contributed by atoms with Gasteiger partial charge in [-0.2, -0.15) is 0 Å². The minimum Gasteiger partial charge on any atom is -0.480 e. The number of rotatable bonds is 1. The smallest absolute Gasteiger partial charge is 0.410 e. The van der Waals surface area contributed by atoms with E-state index >= 15 is 0 Å². The van der Waals surface area contributed by atoms with Crippen LogP contribution in [0.4, 0.5) is 4.79 Å². The van der Waals surface area contributed by atoms with Crippen molar-refractivity contribution < 1.29 is 14.3 Å². The first-order chi connectivity index (χ1) is 16.4. The van der Waals surface area contributed by atoms with E-state index in [-0.39, 0.29) is 23.2 Å². The lowest BCUT2D eigenvalue weighted by molar-refractivity contribution is -0.00995. The van der Waals surface area contributed by atoms with Crippen molar-refractivity contribution in [3.05, 3.63) is 35.3 Å². The van der Waals surface area contributed by atoms with Crippen molar-refractivity contribution in [1.82, 2.24) is 19.8 Å². The SMILES string of the molecule is Cc1ccc2c(c1)OC1(CCNCC1)c1c-2nc([C@@H]2CCN(C(=O)OC(C)(C)C)C(C)(C)C2)n1C. The molecule has 1 N–H and O–H groups in total.